The van der Waals surface area contributed by atoms with Crippen LogP contribution >= 0.6 is 0 Å². The van der Waals surface area contributed by atoms with Crippen LogP contribution in [0.15, 0.2) is 176 Å². The van der Waals surface area contributed by atoms with Gasteiger partial charge in [0, 0.05) is 18.6 Å². The van der Waals surface area contributed by atoms with Gasteiger partial charge in [0.05, 0.1) is 11.6 Å². The molecule has 4 nitrogen and oxygen atoms in total. The summed E-state index contributed by atoms with van der Waals surface area (Å²) in [6.45, 7) is 4.11. The molecule has 63 heavy (non-hydrogen) atoms. The monoisotopic (exact) mass is 988 g/mol. The second-order valence-electron chi connectivity index (χ2n) is 15.8. The van der Waals surface area contributed by atoms with Crippen LogP contribution in [0.1, 0.15) is 38.9 Å². The molecule has 0 saturated carbocycles. The van der Waals surface area contributed by atoms with Crippen molar-refractivity contribution in [3.05, 3.63) is 233 Å². The van der Waals surface area contributed by atoms with E-state index in [0.717, 1.165) is 98.4 Å². The average molecular weight is 988 g/mol. The van der Waals surface area contributed by atoms with Crippen molar-refractivity contribution in [2.45, 2.75) is 39.5 Å². The van der Waals surface area contributed by atoms with E-state index < -0.39 is 0 Å². The summed E-state index contributed by atoms with van der Waals surface area (Å²) in [5, 5.41) is 9.59. The number of pyridine rings is 3. The Labute approximate surface area is 384 Å². The molecule has 0 aliphatic carbocycles. The molecule has 9 aromatic rings. The van der Waals surface area contributed by atoms with Gasteiger partial charge in [-0.05, 0) is 101 Å². The van der Waals surface area contributed by atoms with Gasteiger partial charge in [0.25, 0.3) is 0 Å². The second kappa shape index (κ2) is 19.7. The number of aryl methyl sites for hydroxylation is 6. The van der Waals surface area contributed by atoms with E-state index in [4.69, 9.17) is 0 Å². The molecule has 0 amide bonds. The molecular weight excluding hydrogens is 945 g/mol. The van der Waals surface area contributed by atoms with Crippen molar-refractivity contribution in [1.29, 1.82) is 5.26 Å². The van der Waals surface area contributed by atoms with Crippen molar-refractivity contribution in [3.63, 3.8) is 0 Å². The van der Waals surface area contributed by atoms with E-state index in [1.807, 2.05) is 61.1 Å². The maximum absolute atomic E-state index is 9.59. The fraction of sp³-hybridized carbons (Fsp3) is 0.103. The van der Waals surface area contributed by atoms with Crippen LogP contribution < -0.4 is 0 Å². The van der Waals surface area contributed by atoms with Crippen molar-refractivity contribution >= 4 is 0 Å². The Morgan fingerprint density at radius 2 is 1.00 bits per heavy atom. The molecule has 0 radical (unpaired) electrons. The van der Waals surface area contributed by atoms with Gasteiger partial charge in [0.15, 0.2) is 0 Å². The van der Waals surface area contributed by atoms with E-state index >= 15 is 0 Å². The smallest absolute Gasteiger partial charge is 0.305 e. The van der Waals surface area contributed by atoms with Gasteiger partial charge in [-0.15, -0.1) is 94.5 Å². The van der Waals surface area contributed by atoms with Crippen LogP contribution in [0.4, 0.5) is 0 Å². The molecular formula is C58H43IrN4. The fourth-order valence-electron chi connectivity index (χ4n) is 7.90. The SMILES string of the molecule is Cc1ccc(-c2[c-]cc(CCc3cc(CCc4c[c-]c(-c5ccc(C)cn5)cc4)cc(-c4ccccc4-c4c[c-]c(-c5ccccn5)cc4-c4ccc(C#N)cc4)c3)cc2)nc1.[Ir+3]. The first-order chi connectivity index (χ1) is 30.5. The summed E-state index contributed by atoms with van der Waals surface area (Å²) >= 11 is 0. The minimum absolute atomic E-state index is 0. The van der Waals surface area contributed by atoms with E-state index in [1.165, 1.54) is 27.8 Å². The molecule has 6 aromatic carbocycles. The summed E-state index contributed by atoms with van der Waals surface area (Å²) in [5.41, 5.74) is 20.2. The van der Waals surface area contributed by atoms with Crippen LogP contribution in [-0.2, 0) is 45.8 Å². The Kier molecular flexibility index (Phi) is 13.3. The molecule has 0 aliphatic heterocycles. The van der Waals surface area contributed by atoms with E-state index in [1.54, 1.807) is 0 Å². The predicted molar refractivity (Wildman–Crippen MR) is 251 cm³/mol. The Hall–Kier alpha value is -7.09. The molecule has 0 aliphatic rings. The first-order valence-electron chi connectivity index (χ1n) is 21.0. The molecule has 5 heteroatoms. The van der Waals surface area contributed by atoms with Gasteiger partial charge >= 0.3 is 20.1 Å². The number of hydrogen-bond donors (Lipinski definition) is 0. The standard InChI is InChI=1S/C58H43N4.Ir/c1-40-10-30-57(61-38-40)48-24-16-42(17-25-48)12-14-45-33-46(15-13-43-18-26-49(27-19-43)58-31-11-41(2)39-62-58)35-51(34-45)52-7-3-4-8-53(52)54-29-28-50(56-9-5-6-32-60-56)36-55(54)47-22-20-44(37-59)21-23-47;/h3-11,16-24,26,29-36,38-39H,12-15H2,1-2H3;/q-3;+3. The van der Waals surface area contributed by atoms with Gasteiger partial charge in [-0.25, -0.2) is 0 Å². The largest absolute Gasteiger partial charge is 3.00 e. The Balaban J connectivity index is 0.00000544. The molecule has 0 N–H and O–H groups in total. The summed E-state index contributed by atoms with van der Waals surface area (Å²) in [5.74, 6) is 0. The van der Waals surface area contributed by atoms with Gasteiger partial charge in [0.1, 0.15) is 0 Å². The number of nitriles is 1. The number of aromatic nitrogens is 3. The summed E-state index contributed by atoms with van der Waals surface area (Å²) in [7, 11) is 0. The van der Waals surface area contributed by atoms with Crippen LogP contribution in [0.25, 0.3) is 67.2 Å². The normalized spacial score (nSPS) is 10.8. The first kappa shape index (κ1) is 42.6. The molecule has 0 spiro atoms. The number of hydrogen-bond acceptors (Lipinski definition) is 4. The van der Waals surface area contributed by atoms with E-state index in [2.05, 4.69) is 168 Å². The van der Waals surface area contributed by atoms with Crippen molar-refractivity contribution in [2.75, 3.05) is 0 Å². The summed E-state index contributed by atoms with van der Waals surface area (Å²) < 4.78 is 0. The molecule has 304 valence electrons. The van der Waals surface area contributed by atoms with E-state index in [9.17, 15) is 5.26 Å². The number of benzene rings is 6. The summed E-state index contributed by atoms with van der Waals surface area (Å²) in [6, 6.07) is 67.8. The Morgan fingerprint density at radius 3 is 1.52 bits per heavy atom. The molecule has 0 fully saturated rings. The van der Waals surface area contributed by atoms with Gasteiger partial charge in [-0.3, -0.25) is 0 Å². The molecule has 9 rings (SSSR count). The summed E-state index contributed by atoms with van der Waals surface area (Å²) in [4.78, 5) is 13.8. The molecule has 3 heterocycles. The maximum Gasteiger partial charge on any atom is 3.00 e. The van der Waals surface area contributed by atoms with Crippen LogP contribution in [0.2, 0.25) is 0 Å². The third-order valence-electron chi connectivity index (χ3n) is 11.3. The Morgan fingerprint density at radius 1 is 0.444 bits per heavy atom. The Bertz CT molecular complexity index is 2880. The van der Waals surface area contributed by atoms with Gasteiger partial charge in [0.2, 0.25) is 0 Å². The topological polar surface area (TPSA) is 62.5 Å². The zero-order valence-corrected chi connectivity index (χ0v) is 37.6. The average Bonchev–Trinajstić information content (AvgIpc) is 3.33. The third-order valence-corrected chi connectivity index (χ3v) is 11.3. The minimum Gasteiger partial charge on any atom is -0.305 e. The van der Waals surface area contributed by atoms with Crippen LogP contribution in [0.5, 0.6) is 0 Å². The van der Waals surface area contributed by atoms with Gasteiger partial charge in [-0.1, -0.05) is 121 Å². The van der Waals surface area contributed by atoms with E-state index in [-0.39, 0.29) is 20.1 Å². The quantitative estimate of drug-likeness (QED) is 0.114. The van der Waals surface area contributed by atoms with Gasteiger partial charge < -0.3 is 15.0 Å². The van der Waals surface area contributed by atoms with Crippen molar-refractivity contribution in [2.24, 2.45) is 0 Å². The predicted octanol–water partition coefficient (Wildman–Crippen LogP) is 13.3. The number of nitrogens with zero attached hydrogens (tertiary/aromatic N) is 4. The summed E-state index contributed by atoms with van der Waals surface area (Å²) in [6.07, 6.45) is 9.16. The van der Waals surface area contributed by atoms with Crippen LogP contribution in [-0.4, -0.2) is 15.0 Å². The van der Waals surface area contributed by atoms with Crippen LogP contribution in [0.3, 0.4) is 0 Å². The zero-order chi connectivity index (χ0) is 42.3. The molecule has 0 unspecified atom stereocenters. The maximum atomic E-state index is 9.59. The van der Waals surface area contributed by atoms with Crippen molar-refractivity contribution in [3.8, 4) is 73.2 Å². The zero-order valence-electron chi connectivity index (χ0n) is 35.2. The van der Waals surface area contributed by atoms with E-state index in [0.29, 0.717) is 5.56 Å². The fourth-order valence-corrected chi connectivity index (χ4v) is 7.90. The van der Waals surface area contributed by atoms with Crippen molar-refractivity contribution in [1.82, 2.24) is 15.0 Å². The molecule has 0 atom stereocenters. The second-order valence-corrected chi connectivity index (χ2v) is 15.8. The first-order valence-corrected chi connectivity index (χ1v) is 21.0. The molecule has 0 bridgehead atoms. The third kappa shape index (κ3) is 10.2. The number of rotatable bonds is 12. The molecule has 0 saturated heterocycles. The molecule has 3 aromatic heterocycles. The van der Waals surface area contributed by atoms with Gasteiger partial charge in [-0.2, -0.15) is 5.26 Å². The van der Waals surface area contributed by atoms with Crippen LogP contribution in [0, 0.1) is 43.4 Å². The van der Waals surface area contributed by atoms with Crippen molar-refractivity contribution < 1.29 is 20.1 Å². The minimum atomic E-state index is 0.